The Hall–Kier alpha value is -2.54. The number of nitrogens with one attached hydrogen (secondary N) is 1. The second-order valence-corrected chi connectivity index (χ2v) is 3.94. The van der Waals surface area contributed by atoms with Crippen LogP contribution in [-0.2, 0) is 6.54 Å². The molecule has 7 heteroatoms. The van der Waals surface area contributed by atoms with Crippen LogP contribution in [0.25, 0.3) is 11.2 Å². The van der Waals surface area contributed by atoms with Crippen LogP contribution in [-0.4, -0.2) is 36.4 Å². The minimum Gasteiger partial charge on any atom is -0.394 e. The largest absolute Gasteiger partial charge is 0.394 e. The number of aliphatic hydroxyl groups excluding tert-OH is 1. The van der Waals surface area contributed by atoms with Crippen molar-refractivity contribution in [2.75, 3.05) is 11.9 Å². The highest BCUT2D eigenvalue weighted by molar-refractivity contribution is 5.72. The Labute approximate surface area is 109 Å². The highest BCUT2D eigenvalue weighted by Gasteiger charge is 2.02. The standard InChI is InChI=1S/C12H12N6O/c19-6-5-18-8-9(7-15-18)16-11-2-1-10-12(17-11)14-4-3-13-10/h1-4,7-8,19H,5-6H2,(H,14,16,17). The summed E-state index contributed by atoms with van der Waals surface area (Å²) in [5.41, 5.74) is 2.16. The maximum atomic E-state index is 8.83. The number of aromatic nitrogens is 5. The summed E-state index contributed by atoms with van der Waals surface area (Å²) in [5, 5.41) is 16.1. The zero-order valence-corrected chi connectivity index (χ0v) is 10.1. The van der Waals surface area contributed by atoms with Gasteiger partial charge in [-0.1, -0.05) is 0 Å². The van der Waals surface area contributed by atoms with Crippen molar-refractivity contribution < 1.29 is 5.11 Å². The molecular formula is C12H12N6O. The third kappa shape index (κ3) is 2.50. The number of hydrogen-bond acceptors (Lipinski definition) is 6. The molecule has 0 saturated carbocycles. The fourth-order valence-corrected chi connectivity index (χ4v) is 1.72. The van der Waals surface area contributed by atoms with Gasteiger partial charge in [0.05, 0.1) is 25.0 Å². The monoisotopic (exact) mass is 256 g/mol. The van der Waals surface area contributed by atoms with Crippen LogP contribution < -0.4 is 5.32 Å². The Kier molecular flexibility index (Phi) is 3.03. The van der Waals surface area contributed by atoms with Gasteiger partial charge in [0.15, 0.2) is 5.65 Å². The second kappa shape index (κ2) is 4.99. The second-order valence-electron chi connectivity index (χ2n) is 3.94. The highest BCUT2D eigenvalue weighted by atomic mass is 16.3. The Morgan fingerprint density at radius 3 is 3.00 bits per heavy atom. The molecule has 3 heterocycles. The van der Waals surface area contributed by atoms with Gasteiger partial charge in [0.2, 0.25) is 0 Å². The molecule has 0 aromatic carbocycles. The first kappa shape index (κ1) is 11.5. The van der Waals surface area contributed by atoms with E-state index in [-0.39, 0.29) is 6.61 Å². The number of nitrogens with zero attached hydrogens (tertiary/aromatic N) is 5. The Morgan fingerprint density at radius 2 is 2.11 bits per heavy atom. The third-order valence-corrected chi connectivity index (χ3v) is 2.57. The van der Waals surface area contributed by atoms with Gasteiger partial charge in [-0.05, 0) is 12.1 Å². The fourth-order valence-electron chi connectivity index (χ4n) is 1.72. The quantitative estimate of drug-likeness (QED) is 0.722. The first-order valence-corrected chi connectivity index (χ1v) is 5.83. The molecule has 0 unspecified atom stereocenters. The molecule has 3 rings (SSSR count). The average molecular weight is 256 g/mol. The van der Waals surface area contributed by atoms with Crippen LogP contribution in [0.15, 0.2) is 36.9 Å². The first-order chi connectivity index (χ1) is 9.35. The predicted octanol–water partition coefficient (Wildman–Crippen LogP) is 0.957. The van der Waals surface area contributed by atoms with Crippen LogP contribution in [0.4, 0.5) is 11.5 Å². The highest BCUT2D eigenvalue weighted by Crippen LogP contribution is 2.15. The Bertz CT molecular complexity index is 695. The summed E-state index contributed by atoms with van der Waals surface area (Å²) in [4.78, 5) is 12.7. The summed E-state index contributed by atoms with van der Waals surface area (Å²) in [6.45, 7) is 0.531. The van der Waals surface area contributed by atoms with Crippen molar-refractivity contribution in [2.45, 2.75) is 6.54 Å². The molecule has 0 bridgehead atoms. The van der Waals surface area contributed by atoms with Crippen molar-refractivity contribution in [3.63, 3.8) is 0 Å². The van der Waals surface area contributed by atoms with Gasteiger partial charge in [0, 0.05) is 18.6 Å². The van der Waals surface area contributed by atoms with Gasteiger partial charge >= 0.3 is 0 Å². The van der Waals surface area contributed by atoms with Crippen molar-refractivity contribution in [3.05, 3.63) is 36.9 Å². The molecule has 7 nitrogen and oxygen atoms in total. The number of aliphatic hydroxyl groups is 1. The lowest BCUT2D eigenvalue weighted by Gasteiger charge is -2.03. The summed E-state index contributed by atoms with van der Waals surface area (Å²) in [6, 6.07) is 3.69. The lowest BCUT2D eigenvalue weighted by Crippen LogP contribution is -2.01. The van der Waals surface area contributed by atoms with Crippen molar-refractivity contribution >= 4 is 22.7 Å². The molecule has 96 valence electrons. The summed E-state index contributed by atoms with van der Waals surface area (Å²) >= 11 is 0. The lowest BCUT2D eigenvalue weighted by molar-refractivity contribution is 0.269. The van der Waals surface area contributed by atoms with Crippen LogP contribution in [0.5, 0.6) is 0 Å². The summed E-state index contributed by atoms with van der Waals surface area (Å²) in [5.74, 6) is 0.677. The van der Waals surface area contributed by atoms with Gasteiger partial charge in [-0.2, -0.15) is 5.10 Å². The molecule has 0 radical (unpaired) electrons. The van der Waals surface area contributed by atoms with Crippen LogP contribution in [0.1, 0.15) is 0 Å². The molecule has 19 heavy (non-hydrogen) atoms. The topological polar surface area (TPSA) is 88.8 Å². The van der Waals surface area contributed by atoms with E-state index in [0.29, 0.717) is 18.0 Å². The lowest BCUT2D eigenvalue weighted by atomic mass is 10.4. The minimum atomic E-state index is 0.0605. The fraction of sp³-hybridized carbons (Fsp3) is 0.167. The molecule has 0 amide bonds. The number of pyridine rings is 1. The molecule has 0 atom stereocenters. The Morgan fingerprint density at radius 1 is 1.21 bits per heavy atom. The van der Waals surface area contributed by atoms with Gasteiger partial charge in [0.1, 0.15) is 11.3 Å². The summed E-state index contributed by atoms with van der Waals surface area (Å²) < 4.78 is 1.66. The van der Waals surface area contributed by atoms with Crippen LogP contribution in [0.3, 0.4) is 0 Å². The van der Waals surface area contributed by atoms with Crippen LogP contribution >= 0.6 is 0 Å². The maximum Gasteiger partial charge on any atom is 0.180 e. The molecule has 0 spiro atoms. The summed E-state index contributed by atoms with van der Waals surface area (Å²) in [7, 11) is 0. The number of hydrogen-bond donors (Lipinski definition) is 2. The molecule has 0 aliphatic heterocycles. The van der Waals surface area contributed by atoms with E-state index in [1.165, 1.54) is 0 Å². The molecule has 0 aliphatic carbocycles. The molecular weight excluding hydrogens is 244 g/mol. The van der Waals surface area contributed by atoms with E-state index in [1.807, 2.05) is 12.1 Å². The van der Waals surface area contributed by atoms with E-state index >= 15 is 0 Å². The van der Waals surface area contributed by atoms with E-state index in [9.17, 15) is 0 Å². The van der Waals surface area contributed by atoms with Crippen molar-refractivity contribution in [1.82, 2.24) is 24.7 Å². The van der Waals surface area contributed by atoms with Gasteiger partial charge < -0.3 is 10.4 Å². The van der Waals surface area contributed by atoms with Crippen LogP contribution in [0.2, 0.25) is 0 Å². The van der Waals surface area contributed by atoms with E-state index in [4.69, 9.17) is 5.11 Å². The van der Waals surface area contributed by atoms with E-state index in [2.05, 4.69) is 25.4 Å². The molecule has 0 aliphatic rings. The summed E-state index contributed by atoms with van der Waals surface area (Å²) in [6.07, 6.45) is 6.73. The van der Waals surface area contributed by atoms with E-state index in [1.54, 1.807) is 29.5 Å². The predicted molar refractivity (Wildman–Crippen MR) is 69.9 cm³/mol. The van der Waals surface area contributed by atoms with Gasteiger partial charge in [-0.25, -0.2) is 9.97 Å². The number of anilines is 2. The molecule has 0 fully saturated rings. The molecule has 3 aromatic heterocycles. The van der Waals surface area contributed by atoms with Gasteiger partial charge in [-0.3, -0.25) is 9.67 Å². The van der Waals surface area contributed by atoms with Crippen molar-refractivity contribution in [1.29, 1.82) is 0 Å². The van der Waals surface area contributed by atoms with E-state index < -0.39 is 0 Å². The van der Waals surface area contributed by atoms with Crippen molar-refractivity contribution in [3.8, 4) is 0 Å². The Balaban J connectivity index is 1.83. The third-order valence-electron chi connectivity index (χ3n) is 2.57. The normalized spacial score (nSPS) is 10.8. The zero-order valence-electron chi connectivity index (χ0n) is 10.1. The van der Waals surface area contributed by atoms with Crippen molar-refractivity contribution in [2.24, 2.45) is 0 Å². The molecule has 3 aromatic rings. The average Bonchev–Trinajstić information content (AvgIpc) is 2.86. The maximum absolute atomic E-state index is 8.83. The van der Waals surface area contributed by atoms with Crippen LogP contribution in [0, 0.1) is 0 Å². The first-order valence-electron chi connectivity index (χ1n) is 5.83. The SMILES string of the molecule is OCCn1cc(Nc2ccc3nccnc3n2)cn1. The smallest absolute Gasteiger partial charge is 0.180 e. The van der Waals surface area contributed by atoms with Gasteiger partial charge in [-0.15, -0.1) is 0 Å². The number of rotatable bonds is 4. The number of fused-ring (bicyclic) bond motifs is 1. The zero-order chi connectivity index (χ0) is 13.1. The molecule has 2 N–H and O–H groups in total. The van der Waals surface area contributed by atoms with E-state index in [0.717, 1.165) is 11.2 Å². The molecule has 0 saturated heterocycles. The van der Waals surface area contributed by atoms with Gasteiger partial charge in [0.25, 0.3) is 0 Å². The minimum absolute atomic E-state index is 0.0605.